The number of sulfone groups is 1. The molecule has 166 valence electrons. The third kappa shape index (κ3) is 5.10. The molecule has 0 N–H and O–H groups in total. The third-order valence-electron chi connectivity index (χ3n) is 5.24. The van der Waals surface area contributed by atoms with E-state index >= 15 is 0 Å². The quantitative estimate of drug-likeness (QED) is 0.701. The second kappa shape index (κ2) is 8.37. The maximum absolute atomic E-state index is 13.1. The smallest absolute Gasteiger partial charge is 0.368 e. The van der Waals surface area contributed by atoms with Crippen molar-refractivity contribution in [3.63, 3.8) is 0 Å². The predicted molar refractivity (Wildman–Crippen MR) is 114 cm³/mol. The summed E-state index contributed by atoms with van der Waals surface area (Å²) < 4.78 is 62.1. The van der Waals surface area contributed by atoms with E-state index in [1.165, 1.54) is 24.3 Å². The minimum absolute atomic E-state index is 0.0595. The van der Waals surface area contributed by atoms with Crippen molar-refractivity contribution < 1.29 is 26.4 Å². The predicted octanol–water partition coefficient (Wildman–Crippen LogP) is 4.10. The molecule has 9 heteroatoms. The molecule has 2 aromatic carbocycles. The zero-order chi connectivity index (χ0) is 23.0. The van der Waals surface area contributed by atoms with Crippen LogP contribution < -0.4 is 4.90 Å². The van der Waals surface area contributed by atoms with Crippen LogP contribution in [0.25, 0.3) is 5.57 Å². The average Bonchev–Trinajstić information content (AvgIpc) is 2.71. The second-order valence-electron chi connectivity index (χ2n) is 7.58. The number of halogens is 3. The Kier molecular flexibility index (Phi) is 6.18. The number of piperazine rings is 1. The lowest BCUT2D eigenvalue weighted by molar-refractivity contribution is -0.137. The number of allylic oxidation sites excluding steroid dienone is 1. The molecular weight excluding hydrogens is 429 g/mol. The van der Waals surface area contributed by atoms with Gasteiger partial charge in [-0.05, 0) is 48.9 Å². The van der Waals surface area contributed by atoms with Gasteiger partial charge in [0.1, 0.15) is 0 Å². The van der Waals surface area contributed by atoms with Gasteiger partial charge < -0.3 is 9.80 Å². The number of carbonyl (C=O) groups excluding carboxylic acids is 1. The van der Waals surface area contributed by atoms with Crippen LogP contribution in [0.15, 0.2) is 53.9 Å². The molecule has 0 radical (unpaired) electrons. The van der Waals surface area contributed by atoms with E-state index in [0.29, 0.717) is 43.0 Å². The first kappa shape index (κ1) is 22.9. The monoisotopic (exact) mass is 452 g/mol. The van der Waals surface area contributed by atoms with Crippen molar-refractivity contribution in [2.75, 3.05) is 37.3 Å². The van der Waals surface area contributed by atoms with Crippen LogP contribution in [0.4, 0.5) is 18.9 Å². The van der Waals surface area contributed by atoms with Crippen molar-refractivity contribution in [2.45, 2.75) is 18.0 Å². The molecule has 1 fully saturated rings. The molecule has 0 spiro atoms. The first-order valence-electron chi connectivity index (χ1n) is 9.59. The summed E-state index contributed by atoms with van der Waals surface area (Å²) in [6, 6.07) is 9.36. The normalized spacial score (nSPS) is 15.1. The van der Waals surface area contributed by atoms with Crippen LogP contribution in [-0.4, -0.2) is 51.7 Å². The minimum atomic E-state index is -4.38. The number of benzene rings is 2. The van der Waals surface area contributed by atoms with Crippen LogP contribution >= 0.6 is 0 Å². The fourth-order valence-corrected chi connectivity index (χ4v) is 4.15. The summed E-state index contributed by atoms with van der Waals surface area (Å²) in [6.45, 7) is 7.24. The lowest BCUT2D eigenvalue weighted by Gasteiger charge is -2.36. The van der Waals surface area contributed by atoms with E-state index in [1.54, 1.807) is 17.9 Å². The van der Waals surface area contributed by atoms with E-state index in [1.807, 2.05) is 4.90 Å². The highest BCUT2D eigenvalue weighted by Crippen LogP contribution is 2.31. The van der Waals surface area contributed by atoms with Crippen LogP contribution in [0, 0.1) is 0 Å². The van der Waals surface area contributed by atoms with Crippen LogP contribution in [0.2, 0.25) is 0 Å². The summed E-state index contributed by atoms with van der Waals surface area (Å²) in [4.78, 5) is 16.7. The number of amides is 1. The molecule has 1 amide bonds. The maximum atomic E-state index is 13.1. The molecule has 5 nitrogen and oxygen atoms in total. The summed E-state index contributed by atoms with van der Waals surface area (Å²) >= 11 is 0. The van der Waals surface area contributed by atoms with Gasteiger partial charge in [-0.25, -0.2) is 8.42 Å². The summed E-state index contributed by atoms with van der Waals surface area (Å²) in [7, 11) is -3.48. The van der Waals surface area contributed by atoms with Gasteiger partial charge in [-0.1, -0.05) is 18.2 Å². The molecule has 3 rings (SSSR count). The van der Waals surface area contributed by atoms with Crippen molar-refractivity contribution in [2.24, 2.45) is 0 Å². The Labute approximate surface area is 179 Å². The van der Waals surface area contributed by atoms with Gasteiger partial charge in [0, 0.05) is 43.7 Å². The first-order chi connectivity index (χ1) is 14.4. The van der Waals surface area contributed by atoms with Crippen molar-refractivity contribution in [1.82, 2.24) is 4.90 Å². The van der Waals surface area contributed by atoms with Crippen molar-refractivity contribution in [3.8, 4) is 0 Å². The van der Waals surface area contributed by atoms with E-state index in [4.69, 9.17) is 0 Å². The fourth-order valence-electron chi connectivity index (χ4n) is 3.50. The van der Waals surface area contributed by atoms with E-state index in [2.05, 4.69) is 6.58 Å². The number of nitrogens with zero attached hydrogens (tertiary/aromatic N) is 2. The number of anilines is 1. The second-order valence-corrected chi connectivity index (χ2v) is 9.60. The van der Waals surface area contributed by atoms with Gasteiger partial charge in [0.2, 0.25) is 0 Å². The molecule has 0 saturated carbocycles. The molecule has 1 saturated heterocycles. The molecule has 0 bridgehead atoms. The third-order valence-corrected chi connectivity index (χ3v) is 6.35. The molecular formula is C22H23F3N2O3S. The highest BCUT2D eigenvalue weighted by atomic mass is 32.2. The molecule has 31 heavy (non-hydrogen) atoms. The summed E-state index contributed by atoms with van der Waals surface area (Å²) in [5.74, 6) is -0.296. The summed E-state index contributed by atoms with van der Waals surface area (Å²) in [6.07, 6.45) is -3.30. The number of hydrogen-bond acceptors (Lipinski definition) is 4. The van der Waals surface area contributed by atoms with Crippen LogP contribution in [0.5, 0.6) is 0 Å². The van der Waals surface area contributed by atoms with Gasteiger partial charge >= 0.3 is 6.18 Å². The Morgan fingerprint density at radius 1 is 0.968 bits per heavy atom. The Morgan fingerprint density at radius 3 is 2.03 bits per heavy atom. The Hall–Kier alpha value is -2.81. The van der Waals surface area contributed by atoms with Crippen LogP contribution in [0.3, 0.4) is 0 Å². The largest absolute Gasteiger partial charge is 0.416 e. The topological polar surface area (TPSA) is 57.7 Å². The first-order valence-corrected chi connectivity index (χ1v) is 11.5. The molecule has 0 unspecified atom stereocenters. The molecule has 0 aliphatic carbocycles. The van der Waals surface area contributed by atoms with E-state index < -0.39 is 21.6 Å². The summed E-state index contributed by atoms with van der Waals surface area (Å²) in [5, 5.41) is 0. The number of alkyl halides is 3. The number of rotatable bonds is 4. The van der Waals surface area contributed by atoms with Gasteiger partial charge in [-0.3, -0.25) is 4.79 Å². The van der Waals surface area contributed by atoms with Gasteiger partial charge in [-0.15, -0.1) is 0 Å². The van der Waals surface area contributed by atoms with E-state index in [9.17, 15) is 26.4 Å². The lowest BCUT2D eigenvalue weighted by atomic mass is 10.0. The Morgan fingerprint density at radius 2 is 1.55 bits per heavy atom. The minimum Gasteiger partial charge on any atom is -0.368 e. The number of hydrogen-bond donors (Lipinski definition) is 0. The fraction of sp³-hybridized carbons (Fsp3) is 0.318. The Balaban J connectivity index is 1.77. The lowest BCUT2D eigenvalue weighted by Crippen LogP contribution is -2.49. The molecule has 0 atom stereocenters. The highest BCUT2D eigenvalue weighted by Gasteiger charge is 2.30. The van der Waals surface area contributed by atoms with Gasteiger partial charge in [0.05, 0.1) is 10.5 Å². The van der Waals surface area contributed by atoms with Gasteiger partial charge in [0.15, 0.2) is 9.84 Å². The maximum Gasteiger partial charge on any atom is 0.416 e. The standard InChI is InChI=1S/C22H23F3N2O3S/c1-15(2)19-9-8-18(31(3,29)30)14-20(19)21(28)27-12-10-26(11-13-27)17-6-4-16(5-7-17)22(23,24)25/h4-9,14H,1,10-13H2,2-3H3. The van der Waals surface area contributed by atoms with Crippen molar-refractivity contribution in [3.05, 3.63) is 65.7 Å². The molecule has 1 heterocycles. The summed E-state index contributed by atoms with van der Waals surface area (Å²) in [5.41, 5.74) is 1.46. The molecule has 1 aliphatic heterocycles. The van der Waals surface area contributed by atoms with Crippen molar-refractivity contribution >= 4 is 27.0 Å². The SMILES string of the molecule is C=C(C)c1ccc(S(C)(=O)=O)cc1C(=O)N1CCN(c2ccc(C(F)(F)F)cc2)CC1. The molecule has 1 aliphatic rings. The highest BCUT2D eigenvalue weighted by molar-refractivity contribution is 7.90. The number of carbonyl (C=O) groups is 1. The molecule has 0 aromatic heterocycles. The van der Waals surface area contributed by atoms with Gasteiger partial charge in [-0.2, -0.15) is 13.2 Å². The van der Waals surface area contributed by atoms with Gasteiger partial charge in [0.25, 0.3) is 5.91 Å². The van der Waals surface area contributed by atoms with E-state index in [0.717, 1.165) is 18.4 Å². The average molecular weight is 452 g/mol. The van der Waals surface area contributed by atoms with E-state index in [-0.39, 0.29) is 16.4 Å². The Bertz CT molecular complexity index is 1100. The van der Waals surface area contributed by atoms with Crippen LogP contribution in [-0.2, 0) is 16.0 Å². The zero-order valence-corrected chi connectivity index (χ0v) is 18.1. The zero-order valence-electron chi connectivity index (χ0n) is 17.2. The van der Waals surface area contributed by atoms with Crippen molar-refractivity contribution in [1.29, 1.82) is 0 Å². The molecule has 2 aromatic rings. The van der Waals surface area contributed by atoms with Crippen LogP contribution in [0.1, 0.15) is 28.4 Å².